The van der Waals surface area contributed by atoms with E-state index >= 15 is 0 Å². The Morgan fingerprint density at radius 1 is 0.857 bits per heavy atom. The molecular formula is C22H21N5O. The Labute approximate surface area is 163 Å². The summed E-state index contributed by atoms with van der Waals surface area (Å²) in [7, 11) is 0. The Balaban J connectivity index is 1.78. The van der Waals surface area contributed by atoms with E-state index in [0.29, 0.717) is 12.1 Å². The number of carbonyl (C=O) groups is 1. The second kappa shape index (κ2) is 9.14. The highest BCUT2D eigenvalue weighted by molar-refractivity contribution is 6.01. The van der Waals surface area contributed by atoms with Gasteiger partial charge in [-0.15, -0.1) is 0 Å². The molecule has 0 heterocycles. The van der Waals surface area contributed by atoms with Crippen LogP contribution in [0.1, 0.15) is 27.0 Å². The normalized spacial score (nSPS) is 11.1. The molecule has 0 aliphatic heterocycles. The van der Waals surface area contributed by atoms with Crippen molar-refractivity contribution in [1.29, 1.82) is 0 Å². The van der Waals surface area contributed by atoms with Crippen LogP contribution in [0.4, 0.5) is 0 Å². The van der Waals surface area contributed by atoms with Gasteiger partial charge in [-0.1, -0.05) is 60.7 Å². The molecule has 0 aliphatic carbocycles. The fourth-order valence-electron chi connectivity index (χ4n) is 2.91. The maximum atomic E-state index is 12.8. The van der Waals surface area contributed by atoms with Gasteiger partial charge in [0.15, 0.2) is 0 Å². The summed E-state index contributed by atoms with van der Waals surface area (Å²) in [5.41, 5.74) is 5.17. The van der Waals surface area contributed by atoms with Crippen molar-refractivity contribution >= 4 is 18.3 Å². The minimum absolute atomic E-state index is 0.138. The van der Waals surface area contributed by atoms with Gasteiger partial charge in [0.05, 0.1) is 12.4 Å². The van der Waals surface area contributed by atoms with Gasteiger partial charge in [-0.3, -0.25) is 4.79 Å². The van der Waals surface area contributed by atoms with Gasteiger partial charge in [-0.05, 0) is 39.9 Å². The average molecular weight is 371 g/mol. The van der Waals surface area contributed by atoms with Crippen molar-refractivity contribution in [3.8, 4) is 11.1 Å². The predicted octanol–water partition coefficient (Wildman–Crippen LogP) is 2.87. The van der Waals surface area contributed by atoms with Crippen LogP contribution in [0.15, 0.2) is 83.0 Å². The lowest BCUT2D eigenvalue weighted by atomic mass is 9.98. The van der Waals surface area contributed by atoms with E-state index in [1.54, 1.807) is 12.4 Å². The van der Waals surface area contributed by atoms with Crippen LogP contribution in [-0.2, 0) is 6.54 Å². The SMILES string of the molecule is NN=Cc1ccc(-c2ccccc2C(=O)NCc2cccc(C=NN)c2)cc1. The molecule has 0 saturated carbocycles. The maximum absolute atomic E-state index is 12.8. The Kier molecular flexibility index (Phi) is 6.15. The fourth-order valence-corrected chi connectivity index (χ4v) is 2.91. The van der Waals surface area contributed by atoms with Crippen molar-refractivity contribution in [1.82, 2.24) is 5.32 Å². The number of rotatable bonds is 6. The summed E-state index contributed by atoms with van der Waals surface area (Å²) in [6, 6.07) is 22.9. The second-order valence-electron chi connectivity index (χ2n) is 6.15. The summed E-state index contributed by atoms with van der Waals surface area (Å²) in [6.07, 6.45) is 3.14. The van der Waals surface area contributed by atoms with Gasteiger partial charge in [0.25, 0.3) is 5.91 Å². The maximum Gasteiger partial charge on any atom is 0.252 e. The van der Waals surface area contributed by atoms with E-state index in [1.165, 1.54) is 0 Å². The number of amides is 1. The highest BCUT2D eigenvalue weighted by atomic mass is 16.1. The lowest BCUT2D eigenvalue weighted by Gasteiger charge is -2.11. The number of carbonyl (C=O) groups excluding carboxylic acids is 1. The smallest absolute Gasteiger partial charge is 0.252 e. The zero-order valence-electron chi connectivity index (χ0n) is 15.2. The van der Waals surface area contributed by atoms with Gasteiger partial charge >= 0.3 is 0 Å². The summed E-state index contributed by atoms with van der Waals surface area (Å²) in [6.45, 7) is 0.408. The van der Waals surface area contributed by atoms with Crippen LogP contribution in [0.25, 0.3) is 11.1 Å². The summed E-state index contributed by atoms with van der Waals surface area (Å²) >= 11 is 0. The van der Waals surface area contributed by atoms with E-state index in [1.807, 2.05) is 72.8 Å². The first-order valence-corrected chi connectivity index (χ1v) is 8.74. The van der Waals surface area contributed by atoms with Gasteiger partial charge in [0, 0.05) is 12.1 Å². The Bertz CT molecular complexity index is 1010. The predicted molar refractivity (Wildman–Crippen MR) is 113 cm³/mol. The van der Waals surface area contributed by atoms with Gasteiger partial charge in [0.1, 0.15) is 0 Å². The van der Waals surface area contributed by atoms with Crippen LogP contribution in [0.2, 0.25) is 0 Å². The van der Waals surface area contributed by atoms with Crippen molar-refractivity contribution in [2.75, 3.05) is 0 Å². The Hall–Kier alpha value is -3.93. The van der Waals surface area contributed by atoms with E-state index in [2.05, 4.69) is 15.5 Å². The molecule has 1 amide bonds. The number of benzene rings is 3. The van der Waals surface area contributed by atoms with E-state index in [9.17, 15) is 4.79 Å². The molecule has 0 atom stereocenters. The summed E-state index contributed by atoms with van der Waals surface area (Å²) < 4.78 is 0. The van der Waals surface area contributed by atoms with Crippen molar-refractivity contribution < 1.29 is 4.79 Å². The second-order valence-corrected chi connectivity index (χ2v) is 6.15. The number of hydrogen-bond acceptors (Lipinski definition) is 5. The lowest BCUT2D eigenvalue weighted by molar-refractivity contribution is 0.0951. The zero-order chi connectivity index (χ0) is 19.8. The van der Waals surface area contributed by atoms with Crippen LogP contribution in [0, 0.1) is 0 Å². The van der Waals surface area contributed by atoms with Crippen molar-refractivity contribution in [2.45, 2.75) is 6.54 Å². The molecular weight excluding hydrogens is 350 g/mol. The van der Waals surface area contributed by atoms with Crippen LogP contribution >= 0.6 is 0 Å². The summed E-state index contributed by atoms with van der Waals surface area (Å²) in [4.78, 5) is 12.8. The molecule has 0 unspecified atom stereocenters. The number of nitrogens with zero attached hydrogens (tertiary/aromatic N) is 2. The standard InChI is InChI=1S/C22H21N5O/c23-26-14-16-8-10-19(11-9-16)20-6-1-2-7-21(20)22(28)25-13-17-4-3-5-18(12-17)15-27-24/h1-12,14-15H,13,23-24H2,(H,25,28). The topological polar surface area (TPSA) is 106 Å². The molecule has 28 heavy (non-hydrogen) atoms. The van der Waals surface area contributed by atoms with Gasteiger partial charge in [-0.2, -0.15) is 10.2 Å². The third-order valence-electron chi connectivity index (χ3n) is 4.24. The first kappa shape index (κ1) is 18.8. The van der Waals surface area contributed by atoms with Crippen LogP contribution in [0.5, 0.6) is 0 Å². The highest BCUT2D eigenvalue weighted by Crippen LogP contribution is 2.24. The van der Waals surface area contributed by atoms with Crippen LogP contribution < -0.4 is 17.0 Å². The number of nitrogens with one attached hydrogen (secondary N) is 1. The highest BCUT2D eigenvalue weighted by Gasteiger charge is 2.12. The monoisotopic (exact) mass is 371 g/mol. The molecule has 0 aromatic heterocycles. The minimum atomic E-state index is -0.138. The lowest BCUT2D eigenvalue weighted by Crippen LogP contribution is -2.23. The molecule has 0 saturated heterocycles. The molecule has 6 nitrogen and oxygen atoms in total. The first-order valence-electron chi connectivity index (χ1n) is 8.74. The number of hydrazone groups is 2. The Morgan fingerprint density at radius 3 is 2.32 bits per heavy atom. The zero-order valence-corrected chi connectivity index (χ0v) is 15.2. The van der Waals surface area contributed by atoms with Gasteiger partial charge in [-0.25, -0.2) is 0 Å². The molecule has 0 spiro atoms. The molecule has 0 fully saturated rings. The third kappa shape index (κ3) is 4.62. The molecule has 6 heteroatoms. The molecule has 3 aromatic rings. The quantitative estimate of drug-likeness (QED) is 0.352. The van der Waals surface area contributed by atoms with Gasteiger partial charge in [0.2, 0.25) is 0 Å². The molecule has 3 rings (SSSR count). The van der Waals surface area contributed by atoms with Crippen LogP contribution in [0.3, 0.4) is 0 Å². The van der Waals surface area contributed by atoms with Crippen molar-refractivity contribution in [3.05, 3.63) is 95.1 Å². The van der Waals surface area contributed by atoms with Crippen LogP contribution in [-0.4, -0.2) is 18.3 Å². The number of nitrogens with two attached hydrogens (primary N) is 2. The molecule has 0 bridgehead atoms. The van der Waals surface area contributed by atoms with Crippen molar-refractivity contribution in [3.63, 3.8) is 0 Å². The summed E-state index contributed by atoms with van der Waals surface area (Å²) in [5, 5.41) is 10.0. The molecule has 0 radical (unpaired) electrons. The first-order chi connectivity index (χ1) is 13.7. The largest absolute Gasteiger partial charge is 0.348 e. The number of hydrogen-bond donors (Lipinski definition) is 3. The third-order valence-corrected chi connectivity index (χ3v) is 4.24. The molecule has 3 aromatic carbocycles. The fraction of sp³-hybridized carbons (Fsp3) is 0.0455. The molecule has 0 aliphatic rings. The van der Waals surface area contributed by atoms with E-state index in [0.717, 1.165) is 27.8 Å². The van der Waals surface area contributed by atoms with Gasteiger partial charge < -0.3 is 17.0 Å². The van der Waals surface area contributed by atoms with E-state index < -0.39 is 0 Å². The van der Waals surface area contributed by atoms with E-state index in [-0.39, 0.29) is 5.91 Å². The minimum Gasteiger partial charge on any atom is -0.348 e. The summed E-state index contributed by atoms with van der Waals surface area (Å²) in [5.74, 6) is 10.2. The van der Waals surface area contributed by atoms with E-state index in [4.69, 9.17) is 11.7 Å². The molecule has 140 valence electrons. The average Bonchev–Trinajstić information content (AvgIpc) is 2.73. The molecule has 5 N–H and O–H groups in total. The van der Waals surface area contributed by atoms with Crippen molar-refractivity contribution in [2.24, 2.45) is 21.9 Å². The Morgan fingerprint density at radius 2 is 1.57 bits per heavy atom.